The Balaban J connectivity index is 2.42. The van der Waals surface area contributed by atoms with Gasteiger partial charge in [-0.25, -0.2) is 0 Å². The van der Waals surface area contributed by atoms with Crippen LogP contribution in [-0.2, 0) is 7.05 Å². The van der Waals surface area contributed by atoms with E-state index in [1.165, 1.54) is 16.7 Å². The lowest BCUT2D eigenvalue weighted by atomic mass is 10.0. The van der Waals surface area contributed by atoms with Gasteiger partial charge in [0.05, 0.1) is 21.0 Å². The second-order valence-electron chi connectivity index (χ2n) is 4.99. The van der Waals surface area contributed by atoms with Crippen LogP contribution in [0, 0.1) is 10.1 Å². The minimum atomic E-state index is -0.603. The molecule has 23 heavy (non-hydrogen) atoms. The van der Waals surface area contributed by atoms with E-state index in [1.807, 2.05) is 24.3 Å². The van der Waals surface area contributed by atoms with Gasteiger partial charge in [0.2, 0.25) is 0 Å². The molecule has 2 aromatic carbocycles. The molecule has 0 aliphatic heterocycles. The van der Waals surface area contributed by atoms with Crippen LogP contribution >= 0.6 is 23.2 Å². The molecule has 0 saturated carbocycles. The van der Waals surface area contributed by atoms with Gasteiger partial charge in [-0.05, 0) is 23.6 Å². The molecular weight excluding hydrogens is 339 g/mol. The normalized spacial score (nSPS) is 10.9. The van der Waals surface area contributed by atoms with Gasteiger partial charge in [-0.15, -0.1) is 0 Å². The number of aryl methyl sites for hydroxylation is 1. The Labute approximate surface area is 140 Å². The maximum atomic E-state index is 12.6. The van der Waals surface area contributed by atoms with E-state index in [0.717, 1.165) is 10.9 Å². The lowest BCUT2D eigenvalue weighted by molar-refractivity contribution is -0.384. The number of aromatic nitrogens is 1. The average molecular weight is 349 g/mol. The van der Waals surface area contributed by atoms with Crippen LogP contribution in [0.4, 0.5) is 5.69 Å². The van der Waals surface area contributed by atoms with Crippen molar-refractivity contribution in [2.45, 2.75) is 0 Å². The molecule has 0 saturated heterocycles. The topological polar surface area (TPSA) is 65.1 Å². The molecule has 0 bridgehead atoms. The summed E-state index contributed by atoms with van der Waals surface area (Å²) in [6, 6.07) is 11.6. The zero-order valence-corrected chi connectivity index (χ0v) is 13.4. The van der Waals surface area contributed by atoms with Crippen LogP contribution in [0.5, 0.6) is 0 Å². The number of fused-ring (bicyclic) bond motifs is 1. The number of para-hydroxylation sites is 1. The van der Waals surface area contributed by atoms with Crippen LogP contribution in [-0.4, -0.2) is 9.49 Å². The molecule has 5 nitrogen and oxygen atoms in total. The van der Waals surface area contributed by atoms with Crippen molar-refractivity contribution in [3.05, 3.63) is 73.0 Å². The van der Waals surface area contributed by atoms with E-state index in [9.17, 15) is 14.9 Å². The average Bonchev–Trinajstić information content (AvgIpc) is 2.51. The third-order valence-corrected chi connectivity index (χ3v) is 4.37. The van der Waals surface area contributed by atoms with E-state index in [4.69, 9.17) is 23.2 Å². The van der Waals surface area contributed by atoms with Gasteiger partial charge < -0.3 is 4.57 Å². The van der Waals surface area contributed by atoms with Crippen molar-refractivity contribution < 1.29 is 4.92 Å². The molecule has 0 unspecified atom stereocenters. The van der Waals surface area contributed by atoms with Crippen molar-refractivity contribution in [2.75, 3.05) is 0 Å². The molecule has 7 heteroatoms. The largest absolute Gasteiger partial charge is 0.311 e. The van der Waals surface area contributed by atoms with Crippen LogP contribution in [0.1, 0.15) is 0 Å². The second kappa shape index (κ2) is 5.68. The number of pyridine rings is 1. The van der Waals surface area contributed by atoms with Crippen molar-refractivity contribution in [1.29, 1.82) is 0 Å². The fourth-order valence-electron chi connectivity index (χ4n) is 2.53. The number of nitro benzene ring substituents is 1. The third kappa shape index (κ3) is 2.48. The van der Waals surface area contributed by atoms with Crippen molar-refractivity contribution in [3.63, 3.8) is 0 Å². The molecule has 1 heterocycles. The van der Waals surface area contributed by atoms with E-state index >= 15 is 0 Å². The molecule has 0 amide bonds. The van der Waals surface area contributed by atoms with Crippen LogP contribution in [0.15, 0.2) is 47.3 Å². The van der Waals surface area contributed by atoms with Gasteiger partial charge in [0.15, 0.2) is 0 Å². The molecule has 0 aliphatic rings. The third-order valence-electron chi connectivity index (χ3n) is 3.67. The Morgan fingerprint density at radius 2 is 1.83 bits per heavy atom. The van der Waals surface area contributed by atoms with E-state index in [-0.39, 0.29) is 32.4 Å². The maximum Gasteiger partial charge on any atom is 0.288 e. The fraction of sp³-hybridized carbons (Fsp3) is 0.0625. The summed E-state index contributed by atoms with van der Waals surface area (Å²) in [6.07, 6.45) is 0. The first kappa shape index (κ1) is 15.5. The number of halogens is 2. The molecule has 0 atom stereocenters. The first-order chi connectivity index (χ1) is 10.9. The highest BCUT2D eigenvalue weighted by molar-refractivity contribution is 6.40. The maximum absolute atomic E-state index is 12.6. The standard InChI is InChI=1S/C16H10Cl2N2O3/c1-19-12-5-3-2-4-9(12)8-10(16(19)21)14-11(17)6-7-13(15(14)18)20(22)23/h2-8H,1H3. The second-order valence-corrected chi connectivity index (χ2v) is 5.78. The summed E-state index contributed by atoms with van der Waals surface area (Å²) < 4.78 is 1.47. The first-order valence-electron chi connectivity index (χ1n) is 6.63. The van der Waals surface area contributed by atoms with Gasteiger partial charge >= 0.3 is 0 Å². The first-order valence-corrected chi connectivity index (χ1v) is 7.39. The predicted molar refractivity (Wildman–Crippen MR) is 91.3 cm³/mol. The Hall–Kier alpha value is -2.37. The SMILES string of the molecule is Cn1c(=O)c(-c2c(Cl)ccc([N+](=O)[O-])c2Cl)cc2ccccc21. The van der Waals surface area contributed by atoms with Gasteiger partial charge in [0.1, 0.15) is 5.02 Å². The number of nitrogens with zero attached hydrogens (tertiary/aromatic N) is 2. The zero-order chi connectivity index (χ0) is 16.7. The van der Waals surface area contributed by atoms with E-state index < -0.39 is 4.92 Å². The van der Waals surface area contributed by atoms with Crippen LogP contribution in [0.2, 0.25) is 10.0 Å². The summed E-state index contributed by atoms with van der Waals surface area (Å²) in [6.45, 7) is 0. The number of nitro groups is 1. The summed E-state index contributed by atoms with van der Waals surface area (Å²) >= 11 is 12.3. The summed E-state index contributed by atoms with van der Waals surface area (Å²) in [4.78, 5) is 23.1. The Kier molecular flexibility index (Phi) is 3.83. The smallest absolute Gasteiger partial charge is 0.288 e. The monoisotopic (exact) mass is 348 g/mol. The van der Waals surface area contributed by atoms with Crippen molar-refractivity contribution in [1.82, 2.24) is 4.57 Å². The van der Waals surface area contributed by atoms with Gasteiger partial charge in [0, 0.05) is 18.7 Å². The Morgan fingerprint density at radius 3 is 2.52 bits per heavy atom. The van der Waals surface area contributed by atoms with E-state index in [0.29, 0.717) is 0 Å². The highest BCUT2D eigenvalue weighted by Crippen LogP contribution is 2.39. The molecule has 0 fully saturated rings. The molecule has 3 aromatic rings. The molecular formula is C16H10Cl2N2O3. The Bertz CT molecular complexity index is 1010. The lowest BCUT2D eigenvalue weighted by Crippen LogP contribution is -2.19. The Morgan fingerprint density at radius 1 is 1.13 bits per heavy atom. The van der Waals surface area contributed by atoms with Crippen LogP contribution in [0.25, 0.3) is 22.0 Å². The highest BCUT2D eigenvalue weighted by Gasteiger charge is 2.22. The number of hydrogen-bond acceptors (Lipinski definition) is 3. The van der Waals surface area contributed by atoms with E-state index in [1.54, 1.807) is 13.1 Å². The number of hydrogen-bond donors (Lipinski definition) is 0. The molecule has 116 valence electrons. The molecule has 0 N–H and O–H groups in total. The highest BCUT2D eigenvalue weighted by atomic mass is 35.5. The van der Waals surface area contributed by atoms with Gasteiger partial charge in [-0.3, -0.25) is 14.9 Å². The van der Waals surface area contributed by atoms with Crippen LogP contribution < -0.4 is 5.56 Å². The molecule has 0 spiro atoms. The molecule has 0 aliphatic carbocycles. The minimum absolute atomic E-state index is 0.144. The predicted octanol–water partition coefficient (Wildman–Crippen LogP) is 4.42. The van der Waals surface area contributed by atoms with Gasteiger partial charge in [-0.1, -0.05) is 41.4 Å². The zero-order valence-electron chi connectivity index (χ0n) is 11.9. The fourth-order valence-corrected chi connectivity index (χ4v) is 3.17. The quantitative estimate of drug-likeness (QED) is 0.508. The summed E-state index contributed by atoms with van der Waals surface area (Å²) in [5.74, 6) is 0. The van der Waals surface area contributed by atoms with Crippen molar-refractivity contribution in [3.8, 4) is 11.1 Å². The minimum Gasteiger partial charge on any atom is -0.311 e. The lowest BCUT2D eigenvalue weighted by Gasteiger charge is -2.11. The van der Waals surface area contributed by atoms with Crippen molar-refractivity contribution >= 4 is 39.8 Å². The van der Waals surface area contributed by atoms with E-state index in [2.05, 4.69) is 0 Å². The number of benzene rings is 2. The molecule has 3 rings (SSSR count). The van der Waals surface area contributed by atoms with Gasteiger partial charge in [-0.2, -0.15) is 0 Å². The van der Waals surface area contributed by atoms with Crippen LogP contribution in [0.3, 0.4) is 0 Å². The number of rotatable bonds is 2. The van der Waals surface area contributed by atoms with Crippen molar-refractivity contribution in [2.24, 2.45) is 7.05 Å². The molecule has 0 radical (unpaired) electrons. The summed E-state index contributed by atoms with van der Waals surface area (Å²) in [5.41, 5.74) is 0.534. The summed E-state index contributed by atoms with van der Waals surface area (Å²) in [5, 5.41) is 11.9. The van der Waals surface area contributed by atoms with Gasteiger partial charge in [0.25, 0.3) is 11.2 Å². The summed E-state index contributed by atoms with van der Waals surface area (Å²) in [7, 11) is 1.63. The molecule has 1 aromatic heterocycles.